The summed E-state index contributed by atoms with van der Waals surface area (Å²) in [5, 5.41) is 13.8. The fraction of sp³-hybridized carbons (Fsp3) is 0.167. The molecule has 0 saturated carbocycles. The lowest BCUT2D eigenvalue weighted by molar-refractivity contribution is 0.475. The van der Waals surface area contributed by atoms with Crippen molar-refractivity contribution in [3.63, 3.8) is 0 Å². The molecular weight excluding hydrogens is 292 g/mol. The van der Waals surface area contributed by atoms with Crippen LogP contribution in [0.2, 0.25) is 0 Å². The smallest absolute Gasteiger partial charge is 0.115 e. The van der Waals surface area contributed by atoms with E-state index in [9.17, 15) is 5.11 Å². The molecule has 0 saturated heterocycles. The van der Waals surface area contributed by atoms with Crippen LogP contribution >= 0.6 is 11.8 Å². The number of phenolic OH excluding ortho intramolecular Hbond substituents is 1. The maximum Gasteiger partial charge on any atom is 0.115 e. The van der Waals surface area contributed by atoms with Crippen LogP contribution in [0.25, 0.3) is 5.69 Å². The highest BCUT2D eigenvalue weighted by Crippen LogP contribution is 2.25. The first-order valence-electron chi connectivity index (χ1n) is 7.16. The van der Waals surface area contributed by atoms with Gasteiger partial charge in [-0.25, -0.2) is 4.68 Å². The van der Waals surface area contributed by atoms with Crippen molar-refractivity contribution >= 4 is 11.8 Å². The minimum Gasteiger partial charge on any atom is -0.508 e. The topological polar surface area (TPSA) is 38.0 Å². The molecule has 0 fully saturated rings. The quantitative estimate of drug-likeness (QED) is 0.722. The molecule has 3 nitrogen and oxygen atoms in total. The second kappa shape index (κ2) is 6.28. The number of aromatic hydroxyl groups is 1. The van der Waals surface area contributed by atoms with Crippen LogP contribution in [-0.4, -0.2) is 14.9 Å². The Bertz CT molecular complexity index is 761. The molecule has 0 amide bonds. The van der Waals surface area contributed by atoms with Gasteiger partial charge in [-0.15, -0.1) is 11.8 Å². The van der Waals surface area contributed by atoms with E-state index < -0.39 is 0 Å². The van der Waals surface area contributed by atoms with E-state index >= 15 is 0 Å². The van der Waals surface area contributed by atoms with E-state index in [4.69, 9.17) is 0 Å². The van der Waals surface area contributed by atoms with Gasteiger partial charge in [-0.2, -0.15) is 5.10 Å². The van der Waals surface area contributed by atoms with Gasteiger partial charge >= 0.3 is 0 Å². The lowest BCUT2D eigenvalue weighted by Crippen LogP contribution is -1.98. The Morgan fingerprint density at radius 3 is 2.27 bits per heavy atom. The standard InChI is InChI=1S/C18H18N2OS/c1-13-11-14(2)20(19-13)16-5-3-15(4-6-16)12-22-18-9-7-17(21)8-10-18/h3-11,21H,12H2,1-2H3. The molecule has 4 heteroatoms. The summed E-state index contributed by atoms with van der Waals surface area (Å²) in [7, 11) is 0. The summed E-state index contributed by atoms with van der Waals surface area (Å²) in [5.74, 6) is 1.21. The van der Waals surface area contributed by atoms with Crippen LogP contribution in [-0.2, 0) is 5.75 Å². The molecule has 0 aliphatic rings. The summed E-state index contributed by atoms with van der Waals surface area (Å²) < 4.78 is 1.96. The second-order valence-electron chi connectivity index (χ2n) is 5.29. The van der Waals surface area contributed by atoms with Crippen LogP contribution in [0.4, 0.5) is 0 Å². The van der Waals surface area contributed by atoms with Crippen LogP contribution in [0.1, 0.15) is 17.0 Å². The Hall–Kier alpha value is -2.20. The molecule has 22 heavy (non-hydrogen) atoms. The molecule has 1 aromatic heterocycles. The lowest BCUT2D eigenvalue weighted by atomic mass is 10.2. The van der Waals surface area contributed by atoms with E-state index in [0.717, 1.165) is 27.7 Å². The van der Waals surface area contributed by atoms with E-state index in [-0.39, 0.29) is 0 Å². The number of benzene rings is 2. The predicted molar refractivity (Wildman–Crippen MR) is 90.7 cm³/mol. The van der Waals surface area contributed by atoms with Gasteiger partial charge in [0, 0.05) is 16.3 Å². The summed E-state index contributed by atoms with van der Waals surface area (Å²) in [6.45, 7) is 4.07. The Morgan fingerprint density at radius 2 is 1.68 bits per heavy atom. The maximum absolute atomic E-state index is 9.29. The second-order valence-corrected chi connectivity index (χ2v) is 6.34. The number of phenols is 1. The van der Waals surface area contributed by atoms with Gasteiger partial charge in [-0.05, 0) is 61.9 Å². The van der Waals surface area contributed by atoms with Crippen LogP contribution in [0.3, 0.4) is 0 Å². The van der Waals surface area contributed by atoms with E-state index in [1.165, 1.54) is 5.56 Å². The Balaban J connectivity index is 1.69. The summed E-state index contributed by atoms with van der Waals surface area (Å²) in [5.41, 5.74) is 4.53. The van der Waals surface area contributed by atoms with Crippen molar-refractivity contribution in [3.05, 3.63) is 71.5 Å². The summed E-state index contributed by atoms with van der Waals surface area (Å²) in [6, 6.07) is 17.9. The van der Waals surface area contributed by atoms with Gasteiger partial charge < -0.3 is 5.11 Å². The minimum atomic E-state index is 0.304. The number of rotatable bonds is 4. The van der Waals surface area contributed by atoms with Crippen LogP contribution < -0.4 is 0 Å². The third-order valence-corrected chi connectivity index (χ3v) is 4.52. The van der Waals surface area contributed by atoms with E-state index in [1.54, 1.807) is 23.9 Å². The summed E-state index contributed by atoms with van der Waals surface area (Å²) >= 11 is 1.76. The normalized spacial score (nSPS) is 10.8. The van der Waals surface area contributed by atoms with Crippen molar-refractivity contribution < 1.29 is 5.11 Å². The fourth-order valence-corrected chi connectivity index (χ4v) is 3.19. The van der Waals surface area contributed by atoms with Gasteiger partial charge in [0.2, 0.25) is 0 Å². The number of hydrogen-bond acceptors (Lipinski definition) is 3. The van der Waals surface area contributed by atoms with Gasteiger partial charge in [0.15, 0.2) is 0 Å². The third-order valence-electron chi connectivity index (χ3n) is 3.43. The number of hydrogen-bond donors (Lipinski definition) is 1. The summed E-state index contributed by atoms with van der Waals surface area (Å²) in [4.78, 5) is 1.15. The zero-order valence-corrected chi connectivity index (χ0v) is 13.5. The van der Waals surface area contributed by atoms with E-state index in [0.29, 0.717) is 5.75 Å². The first-order chi connectivity index (χ1) is 10.6. The molecule has 0 radical (unpaired) electrons. The van der Waals surface area contributed by atoms with Crippen molar-refractivity contribution in [3.8, 4) is 11.4 Å². The molecule has 0 atom stereocenters. The van der Waals surface area contributed by atoms with Gasteiger partial charge in [0.25, 0.3) is 0 Å². The van der Waals surface area contributed by atoms with Crippen molar-refractivity contribution in [1.82, 2.24) is 9.78 Å². The highest BCUT2D eigenvalue weighted by Gasteiger charge is 2.04. The zero-order valence-electron chi connectivity index (χ0n) is 12.7. The predicted octanol–water partition coefficient (Wildman–Crippen LogP) is 4.49. The third kappa shape index (κ3) is 3.34. The maximum atomic E-state index is 9.29. The Labute approximate surface area is 134 Å². The largest absolute Gasteiger partial charge is 0.508 e. The number of aryl methyl sites for hydroxylation is 2. The first-order valence-corrected chi connectivity index (χ1v) is 8.15. The van der Waals surface area contributed by atoms with Gasteiger partial charge in [0.05, 0.1) is 11.4 Å². The number of aromatic nitrogens is 2. The minimum absolute atomic E-state index is 0.304. The van der Waals surface area contributed by atoms with Gasteiger partial charge in [0.1, 0.15) is 5.75 Å². The highest BCUT2D eigenvalue weighted by molar-refractivity contribution is 7.98. The molecule has 1 N–H and O–H groups in total. The highest BCUT2D eigenvalue weighted by atomic mass is 32.2. The molecule has 3 aromatic rings. The molecule has 2 aromatic carbocycles. The molecular formula is C18H18N2OS. The number of thioether (sulfide) groups is 1. The SMILES string of the molecule is Cc1cc(C)n(-c2ccc(CSc3ccc(O)cc3)cc2)n1. The van der Waals surface area contributed by atoms with Crippen LogP contribution in [0.15, 0.2) is 59.5 Å². The molecule has 0 aliphatic carbocycles. The molecule has 0 aliphatic heterocycles. The fourth-order valence-electron chi connectivity index (χ4n) is 2.33. The van der Waals surface area contributed by atoms with Crippen LogP contribution in [0.5, 0.6) is 5.75 Å². The zero-order chi connectivity index (χ0) is 15.5. The van der Waals surface area contributed by atoms with Gasteiger partial charge in [-0.1, -0.05) is 12.1 Å². The molecule has 1 heterocycles. The van der Waals surface area contributed by atoms with Crippen molar-refractivity contribution in [2.24, 2.45) is 0 Å². The molecule has 112 valence electrons. The van der Waals surface area contributed by atoms with Crippen molar-refractivity contribution in [2.75, 3.05) is 0 Å². The van der Waals surface area contributed by atoms with E-state index in [1.807, 2.05) is 23.7 Å². The summed E-state index contributed by atoms with van der Waals surface area (Å²) in [6.07, 6.45) is 0. The Morgan fingerprint density at radius 1 is 1.00 bits per heavy atom. The first kappa shape index (κ1) is 14.7. The Kier molecular flexibility index (Phi) is 4.20. The molecule has 0 spiro atoms. The van der Waals surface area contributed by atoms with E-state index in [2.05, 4.69) is 42.4 Å². The number of nitrogens with zero attached hydrogens (tertiary/aromatic N) is 2. The lowest BCUT2D eigenvalue weighted by Gasteiger charge is -2.06. The molecule has 0 bridgehead atoms. The monoisotopic (exact) mass is 310 g/mol. The van der Waals surface area contributed by atoms with Crippen LogP contribution in [0, 0.1) is 13.8 Å². The average Bonchev–Trinajstić information content (AvgIpc) is 2.86. The van der Waals surface area contributed by atoms with Crippen molar-refractivity contribution in [2.45, 2.75) is 24.5 Å². The molecule has 3 rings (SSSR count). The molecule has 0 unspecified atom stereocenters. The van der Waals surface area contributed by atoms with Crippen molar-refractivity contribution in [1.29, 1.82) is 0 Å². The average molecular weight is 310 g/mol. The van der Waals surface area contributed by atoms with Gasteiger partial charge in [-0.3, -0.25) is 0 Å².